The van der Waals surface area contributed by atoms with Crippen LogP contribution in [0.5, 0.6) is 0 Å². The van der Waals surface area contributed by atoms with Gasteiger partial charge >= 0.3 is 0 Å². The minimum Gasteiger partial charge on any atom is -0.115 e. The van der Waals surface area contributed by atoms with Gasteiger partial charge in [0.15, 0.2) is 6.71 Å². The maximum atomic E-state index is 5.67. The number of terminal acetylenes is 1. The van der Waals surface area contributed by atoms with E-state index in [1.165, 1.54) is 86.9 Å². The number of allylic oxidation sites excluding steroid dienone is 9. The highest BCUT2D eigenvalue weighted by Crippen LogP contribution is 2.45. The largest absolute Gasteiger partial charge is 0.191 e. The predicted octanol–water partition coefficient (Wildman–Crippen LogP) is 13.7. The summed E-state index contributed by atoms with van der Waals surface area (Å²) in [5, 5.41) is 13.3. The fourth-order valence-corrected chi connectivity index (χ4v) is 10.6. The van der Waals surface area contributed by atoms with Crippen molar-refractivity contribution in [3.8, 4) is 12.3 Å². The van der Waals surface area contributed by atoms with E-state index in [0.717, 1.165) is 24.7 Å². The van der Waals surface area contributed by atoms with Gasteiger partial charge in [0.25, 0.3) is 0 Å². The Morgan fingerprint density at radius 1 is 0.877 bits per heavy atom. The molecule has 6 aromatic rings. The van der Waals surface area contributed by atoms with E-state index in [4.69, 9.17) is 6.42 Å². The molecule has 0 aromatic heterocycles. The molecule has 0 radical (unpaired) electrons. The first-order valence-corrected chi connectivity index (χ1v) is 21.0. The standard InChI is InChI=1S/C56H57B/c1-12-14-35(2)29-37(4)34-57(54-39(6)30-36(3)31-40(54)7)56(11)28-27-44-18-17-38(5)50-42(24-26-49(56)53(44)50)16-13-15-41-19-20-43-21-22-45-32-47(55(8,9)10)33-46-23-25-48(41)52(43)51(45)46/h1,13-27,29-30,32-33,36H,28,31,34H2,2-11H3/b15-13+,35-14-,37-29-,42-16-. The van der Waals surface area contributed by atoms with Gasteiger partial charge in [-0.3, -0.25) is 0 Å². The lowest BCUT2D eigenvalue weighted by molar-refractivity contribution is 0.591. The molecule has 0 bridgehead atoms. The zero-order chi connectivity index (χ0) is 40.4. The second-order valence-corrected chi connectivity index (χ2v) is 18.8. The molecule has 0 spiro atoms. The highest BCUT2D eigenvalue weighted by molar-refractivity contribution is 6.72. The molecule has 2 atom stereocenters. The van der Waals surface area contributed by atoms with Gasteiger partial charge in [-0.1, -0.05) is 172 Å². The second-order valence-electron chi connectivity index (χ2n) is 18.8. The minimum absolute atomic E-state index is 0.0894. The van der Waals surface area contributed by atoms with Crippen molar-refractivity contribution in [3.63, 3.8) is 0 Å². The van der Waals surface area contributed by atoms with Crippen LogP contribution in [-0.4, -0.2) is 6.71 Å². The van der Waals surface area contributed by atoms with Gasteiger partial charge in [0.2, 0.25) is 0 Å². The van der Waals surface area contributed by atoms with Gasteiger partial charge < -0.3 is 0 Å². The molecule has 0 amide bonds. The summed E-state index contributed by atoms with van der Waals surface area (Å²) in [7, 11) is 0. The quantitative estimate of drug-likeness (QED) is 0.0662. The lowest BCUT2D eigenvalue weighted by atomic mass is 9.24. The fourth-order valence-electron chi connectivity index (χ4n) is 10.6. The van der Waals surface area contributed by atoms with Crippen LogP contribution in [0, 0.1) is 25.2 Å². The number of rotatable bonds is 7. The Labute approximate surface area is 341 Å². The first kappa shape index (κ1) is 38.6. The Kier molecular flexibility index (Phi) is 9.85. The zero-order valence-electron chi connectivity index (χ0n) is 35.8. The third kappa shape index (κ3) is 6.82. The van der Waals surface area contributed by atoms with E-state index in [2.05, 4.69) is 184 Å². The Morgan fingerprint density at radius 2 is 1.60 bits per heavy atom. The van der Waals surface area contributed by atoms with Crippen LogP contribution < -0.4 is 10.4 Å². The fraction of sp³-hybridized carbons (Fsp3) is 0.286. The van der Waals surface area contributed by atoms with E-state index in [1.807, 2.05) is 6.08 Å². The van der Waals surface area contributed by atoms with Gasteiger partial charge in [-0.25, -0.2) is 0 Å². The molecule has 1 heteroatoms. The molecule has 2 aliphatic rings. The van der Waals surface area contributed by atoms with Gasteiger partial charge in [0.1, 0.15) is 0 Å². The summed E-state index contributed by atoms with van der Waals surface area (Å²) in [5.41, 5.74) is 12.6. The molecule has 0 heterocycles. The van der Waals surface area contributed by atoms with Crippen molar-refractivity contribution >= 4 is 68.0 Å². The monoisotopic (exact) mass is 740 g/mol. The molecule has 0 nitrogen and oxygen atoms in total. The van der Waals surface area contributed by atoms with Crippen molar-refractivity contribution < 1.29 is 0 Å². The molecule has 0 aliphatic heterocycles. The molecule has 2 unspecified atom stereocenters. The lowest BCUT2D eigenvalue weighted by Gasteiger charge is -2.42. The zero-order valence-corrected chi connectivity index (χ0v) is 35.8. The number of aryl methyl sites for hydroxylation is 1. The average Bonchev–Trinajstić information content (AvgIpc) is 3.15. The first-order chi connectivity index (χ1) is 27.2. The number of hydrogen-bond donors (Lipinski definition) is 0. The minimum atomic E-state index is -0.0894. The summed E-state index contributed by atoms with van der Waals surface area (Å²) in [6, 6.07) is 28.2. The van der Waals surface area contributed by atoms with E-state index >= 15 is 0 Å². The molecule has 6 aromatic carbocycles. The average molecular weight is 741 g/mol. The van der Waals surface area contributed by atoms with Crippen LogP contribution in [0.2, 0.25) is 6.32 Å². The van der Waals surface area contributed by atoms with Crippen molar-refractivity contribution in [1.82, 2.24) is 0 Å². The van der Waals surface area contributed by atoms with E-state index in [0.29, 0.717) is 12.6 Å². The summed E-state index contributed by atoms with van der Waals surface area (Å²) in [6.07, 6.45) is 24.9. The number of benzene rings is 6. The molecule has 284 valence electrons. The van der Waals surface area contributed by atoms with Gasteiger partial charge in [-0.05, 0) is 158 Å². The lowest BCUT2D eigenvalue weighted by Crippen LogP contribution is -2.46. The summed E-state index contributed by atoms with van der Waals surface area (Å²) < 4.78 is 0. The highest BCUT2D eigenvalue weighted by Gasteiger charge is 2.44. The van der Waals surface area contributed by atoms with E-state index in [1.54, 1.807) is 11.0 Å². The van der Waals surface area contributed by atoms with Crippen molar-refractivity contribution in [3.05, 3.63) is 158 Å². The van der Waals surface area contributed by atoms with Crippen LogP contribution in [0.1, 0.15) is 97.4 Å². The predicted molar refractivity (Wildman–Crippen MR) is 254 cm³/mol. The molecule has 2 aliphatic carbocycles. The molecule has 0 fully saturated rings. The van der Waals surface area contributed by atoms with E-state index in [9.17, 15) is 0 Å². The molecular weight excluding hydrogens is 683 g/mol. The van der Waals surface area contributed by atoms with Gasteiger partial charge in [-0.2, -0.15) is 0 Å². The van der Waals surface area contributed by atoms with Crippen molar-refractivity contribution in [2.75, 3.05) is 0 Å². The normalized spacial score (nSPS) is 19.6. The van der Waals surface area contributed by atoms with E-state index in [-0.39, 0.29) is 10.7 Å². The third-order valence-electron chi connectivity index (χ3n) is 13.3. The Balaban J connectivity index is 1.25. The van der Waals surface area contributed by atoms with Crippen LogP contribution in [0.3, 0.4) is 0 Å². The smallest absolute Gasteiger partial charge is 0.115 e. The van der Waals surface area contributed by atoms with Crippen LogP contribution in [0.25, 0.3) is 61.3 Å². The Bertz CT molecular complexity index is 2920. The van der Waals surface area contributed by atoms with E-state index < -0.39 is 0 Å². The van der Waals surface area contributed by atoms with Crippen LogP contribution in [-0.2, 0) is 10.7 Å². The summed E-state index contributed by atoms with van der Waals surface area (Å²) in [5.74, 6) is 3.29. The van der Waals surface area contributed by atoms with Gasteiger partial charge in [0, 0.05) is 0 Å². The molecule has 57 heavy (non-hydrogen) atoms. The molecule has 0 saturated heterocycles. The Hall–Kier alpha value is -5.32. The van der Waals surface area contributed by atoms with Crippen LogP contribution >= 0.6 is 0 Å². The SMILES string of the molecule is C#C/C=C(C)\C=C(\C)CB(C1=C(C)CC(C)C=C1C)C1(C)CC=c2ccc(C)c3/c(=C\C=C\c4ccc5ccc6cc(C(C)(C)C)cc7ccc4c5c67)ccc1c23. The maximum Gasteiger partial charge on any atom is 0.191 e. The van der Waals surface area contributed by atoms with Crippen molar-refractivity contribution in [2.45, 2.75) is 99.1 Å². The number of hydrogen-bond acceptors (Lipinski definition) is 0. The van der Waals surface area contributed by atoms with Gasteiger partial charge in [-0.15, -0.1) is 6.42 Å². The van der Waals surface area contributed by atoms with Crippen LogP contribution in [0.4, 0.5) is 0 Å². The summed E-state index contributed by atoms with van der Waals surface area (Å²) >= 11 is 0. The topological polar surface area (TPSA) is 0 Å². The second kappa shape index (κ2) is 14.6. The summed E-state index contributed by atoms with van der Waals surface area (Å²) in [6.45, 7) is 23.6. The molecule has 0 saturated carbocycles. The maximum absolute atomic E-state index is 5.67. The van der Waals surface area contributed by atoms with Crippen molar-refractivity contribution in [1.29, 1.82) is 0 Å². The van der Waals surface area contributed by atoms with Crippen molar-refractivity contribution in [2.24, 2.45) is 5.92 Å². The first-order valence-electron chi connectivity index (χ1n) is 21.0. The van der Waals surface area contributed by atoms with Crippen LogP contribution in [0.15, 0.2) is 125 Å². The molecule has 0 N–H and O–H groups in total. The molecule has 8 rings (SSSR count). The Morgan fingerprint density at radius 3 is 2.32 bits per heavy atom. The summed E-state index contributed by atoms with van der Waals surface area (Å²) in [4.78, 5) is 0. The molecular formula is C56H57B. The highest BCUT2D eigenvalue weighted by atomic mass is 14.3. The van der Waals surface area contributed by atoms with Gasteiger partial charge in [0.05, 0.1) is 0 Å². The third-order valence-corrected chi connectivity index (χ3v) is 13.3.